The van der Waals surface area contributed by atoms with Crippen LogP contribution < -0.4 is 16.4 Å². The van der Waals surface area contributed by atoms with E-state index in [0.717, 1.165) is 44.1 Å². The SMILES string of the molecule is CC(CCN)Nc1cc(NC2CCOCC2)ncn1. The van der Waals surface area contributed by atoms with Crippen LogP contribution in [0.15, 0.2) is 12.4 Å². The summed E-state index contributed by atoms with van der Waals surface area (Å²) in [5.41, 5.74) is 5.54. The molecule has 2 heterocycles. The Morgan fingerprint density at radius 2 is 2.11 bits per heavy atom. The van der Waals surface area contributed by atoms with Gasteiger partial charge in [0.1, 0.15) is 18.0 Å². The summed E-state index contributed by atoms with van der Waals surface area (Å²) in [6, 6.07) is 2.71. The molecule has 0 radical (unpaired) electrons. The molecule has 19 heavy (non-hydrogen) atoms. The van der Waals surface area contributed by atoms with Crippen LogP contribution in [0.3, 0.4) is 0 Å². The summed E-state index contributed by atoms with van der Waals surface area (Å²) in [5.74, 6) is 1.70. The minimum absolute atomic E-state index is 0.316. The van der Waals surface area contributed by atoms with Gasteiger partial charge in [-0.15, -0.1) is 0 Å². The first-order chi connectivity index (χ1) is 9.28. The molecule has 1 saturated heterocycles. The maximum atomic E-state index is 5.54. The van der Waals surface area contributed by atoms with Gasteiger partial charge in [0.2, 0.25) is 0 Å². The van der Waals surface area contributed by atoms with Gasteiger partial charge in [-0.3, -0.25) is 0 Å². The van der Waals surface area contributed by atoms with Crippen LogP contribution in [0.1, 0.15) is 26.2 Å². The number of anilines is 2. The number of rotatable bonds is 6. The van der Waals surface area contributed by atoms with Gasteiger partial charge >= 0.3 is 0 Å². The van der Waals surface area contributed by atoms with Crippen molar-refractivity contribution in [3.63, 3.8) is 0 Å². The Hall–Kier alpha value is -1.40. The van der Waals surface area contributed by atoms with Gasteiger partial charge in [-0.25, -0.2) is 9.97 Å². The maximum absolute atomic E-state index is 5.54. The van der Waals surface area contributed by atoms with Crippen LogP contribution in [-0.2, 0) is 4.74 Å². The van der Waals surface area contributed by atoms with Crippen molar-refractivity contribution in [1.82, 2.24) is 9.97 Å². The van der Waals surface area contributed by atoms with Gasteiger partial charge in [-0.2, -0.15) is 0 Å². The Bertz CT molecular complexity index is 381. The topological polar surface area (TPSA) is 85.1 Å². The van der Waals surface area contributed by atoms with Crippen molar-refractivity contribution >= 4 is 11.6 Å². The highest BCUT2D eigenvalue weighted by Gasteiger charge is 2.14. The number of nitrogens with zero attached hydrogens (tertiary/aromatic N) is 2. The number of hydrogen-bond donors (Lipinski definition) is 3. The van der Waals surface area contributed by atoms with Gasteiger partial charge in [-0.05, 0) is 32.7 Å². The lowest BCUT2D eigenvalue weighted by Gasteiger charge is -2.23. The molecule has 1 unspecified atom stereocenters. The van der Waals surface area contributed by atoms with Crippen molar-refractivity contribution in [3.05, 3.63) is 12.4 Å². The molecule has 1 aromatic heterocycles. The molecule has 6 nitrogen and oxygen atoms in total. The van der Waals surface area contributed by atoms with Crippen molar-refractivity contribution in [1.29, 1.82) is 0 Å². The molecule has 0 aliphatic carbocycles. The Labute approximate surface area is 114 Å². The quantitative estimate of drug-likeness (QED) is 0.717. The number of ether oxygens (including phenoxy) is 1. The molecule has 1 atom stereocenters. The third-order valence-electron chi connectivity index (χ3n) is 3.23. The van der Waals surface area contributed by atoms with E-state index in [2.05, 4.69) is 27.5 Å². The summed E-state index contributed by atoms with van der Waals surface area (Å²) in [6.45, 7) is 4.41. The highest BCUT2D eigenvalue weighted by molar-refractivity contribution is 5.47. The zero-order chi connectivity index (χ0) is 13.5. The van der Waals surface area contributed by atoms with Crippen LogP contribution in [0, 0.1) is 0 Å². The third-order valence-corrected chi connectivity index (χ3v) is 3.23. The molecule has 0 aromatic carbocycles. The molecule has 1 fully saturated rings. The van der Waals surface area contributed by atoms with Crippen LogP contribution in [0.5, 0.6) is 0 Å². The van der Waals surface area contributed by atoms with E-state index in [-0.39, 0.29) is 0 Å². The Morgan fingerprint density at radius 1 is 1.37 bits per heavy atom. The first kappa shape index (κ1) is 14.0. The molecule has 1 aliphatic heterocycles. The maximum Gasteiger partial charge on any atom is 0.131 e. The third kappa shape index (κ3) is 4.65. The first-order valence-electron chi connectivity index (χ1n) is 6.91. The molecule has 1 aliphatic rings. The highest BCUT2D eigenvalue weighted by atomic mass is 16.5. The molecule has 106 valence electrons. The second-order valence-corrected chi connectivity index (χ2v) is 4.94. The molecule has 1 aromatic rings. The molecule has 0 amide bonds. The molecular weight excluding hydrogens is 242 g/mol. The highest BCUT2D eigenvalue weighted by Crippen LogP contribution is 2.15. The Kier molecular flexibility index (Phi) is 5.35. The van der Waals surface area contributed by atoms with E-state index >= 15 is 0 Å². The van der Waals surface area contributed by atoms with Gasteiger partial charge in [0.15, 0.2) is 0 Å². The lowest BCUT2D eigenvalue weighted by Crippen LogP contribution is -2.28. The Balaban J connectivity index is 1.90. The van der Waals surface area contributed by atoms with Gasteiger partial charge in [-0.1, -0.05) is 0 Å². The average molecular weight is 265 g/mol. The smallest absolute Gasteiger partial charge is 0.131 e. The van der Waals surface area contributed by atoms with E-state index in [1.54, 1.807) is 6.33 Å². The summed E-state index contributed by atoms with van der Waals surface area (Å²) in [5, 5.41) is 6.76. The van der Waals surface area contributed by atoms with Gasteiger partial charge in [0, 0.05) is 31.4 Å². The zero-order valence-electron chi connectivity index (χ0n) is 11.4. The van der Waals surface area contributed by atoms with Crippen LogP contribution in [0.25, 0.3) is 0 Å². The minimum atomic E-state index is 0.316. The van der Waals surface area contributed by atoms with Gasteiger partial charge < -0.3 is 21.1 Å². The van der Waals surface area contributed by atoms with Crippen molar-refractivity contribution in [3.8, 4) is 0 Å². The molecule has 6 heteroatoms. The normalized spacial score (nSPS) is 18.0. The van der Waals surface area contributed by atoms with E-state index in [0.29, 0.717) is 18.6 Å². The van der Waals surface area contributed by atoms with E-state index in [1.165, 1.54) is 0 Å². The molecule has 0 bridgehead atoms. The fraction of sp³-hybridized carbons (Fsp3) is 0.692. The van der Waals surface area contributed by atoms with E-state index < -0.39 is 0 Å². The lowest BCUT2D eigenvalue weighted by atomic mass is 10.1. The second-order valence-electron chi connectivity index (χ2n) is 4.94. The second kappa shape index (κ2) is 7.25. The van der Waals surface area contributed by atoms with E-state index in [9.17, 15) is 0 Å². The van der Waals surface area contributed by atoms with E-state index in [1.807, 2.05) is 6.07 Å². The van der Waals surface area contributed by atoms with Crippen molar-refractivity contribution < 1.29 is 4.74 Å². The monoisotopic (exact) mass is 265 g/mol. The van der Waals surface area contributed by atoms with Gasteiger partial charge in [0.05, 0.1) is 0 Å². The molecule has 4 N–H and O–H groups in total. The summed E-state index contributed by atoms with van der Waals surface area (Å²) < 4.78 is 5.34. The number of hydrogen-bond acceptors (Lipinski definition) is 6. The average Bonchev–Trinajstić information content (AvgIpc) is 2.40. The van der Waals surface area contributed by atoms with Crippen molar-refractivity contribution in [2.45, 2.75) is 38.3 Å². The van der Waals surface area contributed by atoms with Crippen molar-refractivity contribution in [2.24, 2.45) is 5.73 Å². The van der Waals surface area contributed by atoms with Crippen LogP contribution >= 0.6 is 0 Å². The number of aromatic nitrogens is 2. The fourth-order valence-corrected chi connectivity index (χ4v) is 2.14. The largest absolute Gasteiger partial charge is 0.381 e. The summed E-state index contributed by atoms with van der Waals surface area (Å²) in [4.78, 5) is 8.49. The standard InChI is InChI=1S/C13H23N5O/c1-10(2-5-14)17-12-8-13(16-9-15-12)18-11-3-6-19-7-4-11/h8-11H,2-7,14H2,1H3,(H2,15,16,17,18). The summed E-state index contributed by atoms with van der Waals surface area (Å²) >= 11 is 0. The first-order valence-corrected chi connectivity index (χ1v) is 6.91. The summed E-state index contributed by atoms with van der Waals surface area (Å²) in [6.07, 6.45) is 4.55. The molecule has 0 saturated carbocycles. The number of nitrogens with two attached hydrogens (primary N) is 1. The van der Waals surface area contributed by atoms with Crippen LogP contribution in [-0.4, -0.2) is 41.8 Å². The Morgan fingerprint density at radius 3 is 2.84 bits per heavy atom. The van der Waals surface area contributed by atoms with Crippen LogP contribution in [0.2, 0.25) is 0 Å². The summed E-state index contributed by atoms with van der Waals surface area (Å²) in [7, 11) is 0. The molecule has 2 rings (SSSR count). The van der Waals surface area contributed by atoms with Gasteiger partial charge in [0.25, 0.3) is 0 Å². The predicted molar refractivity (Wildman–Crippen MR) is 76.3 cm³/mol. The molecular formula is C13H23N5O. The zero-order valence-corrected chi connectivity index (χ0v) is 11.4. The van der Waals surface area contributed by atoms with Crippen LogP contribution in [0.4, 0.5) is 11.6 Å². The fourth-order valence-electron chi connectivity index (χ4n) is 2.14. The van der Waals surface area contributed by atoms with E-state index in [4.69, 9.17) is 10.5 Å². The lowest BCUT2D eigenvalue weighted by molar-refractivity contribution is 0.0904. The molecule has 0 spiro atoms. The number of nitrogens with one attached hydrogen (secondary N) is 2. The minimum Gasteiger partial charge on any atom is -0.381 e. The van der Waals surface area contributed by atoms with Crippen molar-refractivity contribution in [2.75, 3.05) is 30.4 Å². The predicted octanol–water partition coefficient (Wildman–Crippen LogP) is 1.22.